The zero-order valence-electron chi connectivity index (χ0n) is 8.16. The highest BCUT2D eigenvalue weighted by molar-refractivity contribution is 9.10. The van der Waals surface area contributed by atoms with Crippen molar-refractivity contribution < 1.29 is 9.50 Å². The minimum absolute atomic E-state index is 0.0506. The number of nitrogens with zero attached hydrogens (tertiary/aromatic N) is 2. The number of halogens is 2. The maximum Gasteiger partial charge on any atom is 0.166 e. The number of hydrogen-bond acceptors (Lipinski definition) is 3. The second-order valence-electron chi connectivity index (χ2n) is 2.92. The van der Waals surface area contributed by atoms with Crippen LogP contribution >= 0.6 is 15.9 Å². The van der Waals surface area contributed by atoms with Crippen molar-refractivity contribution >= 4 is 21.7 Å². The topological polar surface area (TPSA) is 36.4 Å². The predicted octanol–water partition coefficient (Wildman–Crippen LogP) is 1.97. The third-order valence-corrected chi connectivity index (χ3v) is 2.24. The average molecular weight is 275 g/mol. The molecule has 3 nitrogen and oxygen atoms in total. The fourth-order valence-electron chi connectivity index (χ4n) is 1.20. The number of aromatic nitrogens is 1. The molecule has 1 rings (SSSR count). The van der Waals surface area contributed by atoms with E-state index in [0.29, 0.717) is 17.6 Å². The van der Waals surface area contributed by atoms with Crippen LogP contribution in [-0.2, 0) is 0 Å². The quantitative estimate of drug-likeness (QED) is 0.835. The SMILES string of the molecule is C=CCN(CCO)c1ncc(Br)cc1F. The van der Waals surface area contributed by atoms with E-state index in [4.69, 9.17) is 5.11 Å². The Morgan fingerprint density at radius 2 is 2.40 bits per heavy atom. The van der Waals surface area contributed by atoms with E-state index < -0.39 is 5.82 Å². The van der Waals surface area contributed by atoms with Gasteiger partial charge in [0, 0.05) is 23.8 Å². The molecule has 0 bridgehead atoms. The van der Waals surface area contributed by atoms with Gasteiger partial charge in [-0.1, -0.05) is 6.08 Å². The van der Waals surface area contributed by atoms with Gasteiger partial charge in [-0.05, 0) is 22.0 Å². The summed E-state index contributed by atoms with van der Waals surface area (Å²) in [5.74, 6) is -0.188. The number of aliphatic hydroxyl groups excluding tert-OH is 1. The second kappa shape index (κ2) is 5.82. The number of pyridine rings is 1. The predicted molar refractivity (Wildman–Crippen MR) is 61.4 cm³/mol. The van der Waals surface area contributed by atoms with Crippen molar-refractivity contribution in [1.29, 1.82) is 0 Å². The largest absolute Gasteiger partial charge is 0.395 e. The molecule has 1 aromatic heterocycles. The van der Waals surface area contributed by atoms with E-state index in [9.17, 15) is 4.39 Å². The van der Waals surface area contributed by atoms with E-state index in [1.165, 1.54) is 12.3 Å². The molecule has 0 aliphatic rings. The van der Waals surface area contributed by atoms with Crippen LogP contribution in [-0.4, -0.2) is 29.8 Å². The molecular weight excluding hydrogens is 263 g/mol. The van der Waals surface area contributed by atoms with Crippen molar-refractivity contribution in [2.45, 2.75) is 0 Å². The average Bonchev–Trinajstić information content (AvgIpc) is 2.17. The van der Waals surface area contributed by atoms with Crippen molar-refractivity contribution in [2.24, 2.45) is 0 Å². The Kier molecular flexibility index (Phi) is 4.71. The molecule has 0 aliphatic heterocycles. The van der Waals surface area contributed by atoms with Crippen LogP contribution in [0.3, 0.4) is 0 Å². The Morgan fingerprint density at radius 1 is 1.67 bits per heavy atom. The summed E-state index contributed by atoms with van der Waals surface area (Å²) in [4.78, 5) is 5.58. The molecule has 5 heteroatoms. The first-order valence-electron chi connectivity index (χ1n) is 4.46. The number of anilines is 1. The van der Waals surface area contributed by atoms with Crippen LogP contribution in [0.25, 0.3) is 0 Å². The van der Waals surface area contributed by atoms with Crippen LogP contribution in [0.2, 0.25) is 0 Å². The van der Waals surface area contributed by atoms with Crippen molar-refractivity contribution in [3.05, 3.63) is 35.2 Å². The van der Waals surface area contributed by atoms with E-state index >= 15 is 0 Å². The van der Waals surface area contributed by atoms with Gasteiger partial charge in [-0.25, -0.2) is 9.37 Å². The monoisotopic (exact) mass is 274 g/mol. The van der Waals surface area contributed by atoms with Crippen LogP contribution in [0.15, 0.2) is 29.4 Å². The van der Waals surface area contributed by atoms with Crippen LogP contribution < -0.4 is 4.90 Å². The minimum Gasteiger partial charge on any atom is -0.395 e. The Hall–Kier alpha value is -0.940. The molecule has 0 aromatic carbocycles. The summed E-state index contributed by atoms with van der Waals surface area (Å²) in [6, 6.07) is 1.34. The van der Waals surface area contributed by atoms with Crippen molar-refractivity contribution in [3.8, 4) is 0 Å². The van der Waals surface area contributed by atoms with Gasteiger partial charge in [-0.2, -0.15) is 0 Å². The van der Waals surface area contributed by atoms with Gasteiger partial charge in [-0.15, -0.1) is 6.58 Å². The highest BCUT2D eigenvalue weighted by Gasteiger charge is 2.11. The van der Waals surface area contributed by atoms with Gasteiger partial charge in [0.05, 0.1) is 6.61 Å². The molecule has 0 aliphatic carbocycles. The van der Waals surface area contributed by atoms with Gasteiger partial charge in [0.2, 0.25) is 0 Å². The highest BCUT2D eigenvalue weighted by atomic mass is 79.9. The van der Waals surface area contributed by atoms with Gasteiger partial charge < -0.3 is 10.0 Å². The normalized spacial score (nSPS) is 10.1. The van der Waals surface area contributed by atoms with E-state index in [1.54, 1.807) is 11.0 Å². The fourth-order valence-corrected chi connectivity index (χ4v) is 1.50. The standard InChI is InChI=1S/C10H12BrFN2O/c1-2-3-14(4-5-15)10-9(12)6-8(11)7-13-10/h2,6-7,15H,1,3-5H2. The Bertz CT molecular complexity index is 346. The summed E-state index contributed by atoms with van der Waals surface area (Å²) in [6.07, 6.45) is 3.16. The van der Waals surface area contributed by atoms with Crippen LogP contribution in [0.1, 0.15) is 0 Å². The van der Waals surface area contributed by atoms with Crippen LogP contribution in [0, 0.1) is 5.82 Å². The first kappa shape index (κ1) is 12.1. The Morgan fingerprint density at radius 3 is 2.93 bits per heavy atom. The van der Waals surface area contributed by atoms with Gasteiger partial charge in [0.25, 0.3) is 0 Å². The third kappa shape index (κ3) is 3.28. The second-order valence-corrected chi connectivity index (χ2v) is 3.83. The van der Waals surface area contributed by atoms with Crippen molar-refractivity contribution in [3.63, 3.8) is 0 Å². The lowest BCUT2D eigenvalue weighted by atomic mass is 10.4. The zero-order chi connectivity index (χ0) is 11.3. The summed E-state index contributed by atoms with van der Waals surface area (Å²) in [5.41, 5.74) is 0. The molecule has 0 spiro atoms. The molecule has 0 fully saturated rings. The molecule has 0 amide bonds. The lowest BCUT2D eigenvalue weighted by Crippen LogP contribution is -2.28. The van der Waals surface area contributed by atoms with Crippen molar-refractivity contribution in [1.82, 2.24) is 4.98 Å². The van der Waals surface area contributed by atoms with E-state index in [0.717, 1.165) is 0 Å². The first-order chi connectivity index (χ1) is 7.19. The first-order valence-corrected chi connectivity index (χ1v) is 5.26. The maximum absolute atomic E-state index is 13.5. The number of rotatable bonds is 5. The maximum atomic E-state index is 13.5. The van der Waals surface area contributed by atoms with Gasteiger partial charge in [0.1, 0.15) is 0 Å². The zero-order valence-corrected chi connectivity index (χ0v) is 9.74. The molecule has 1 aromatic rings. The van der Waals surface area contributed by atoms with Gasteiger partial charge in [-0.3, -0.25) is 0 Å². The summed E-state index contributed by atoms with van der Waals surface area (Å²) in [7, 11) is 0. The van der Waals surface area contributed by atoms with Gasteiger partial charge >= 0.3 is 0 Å². The lowest BCUT2D eigenvalue weighted by Gasteiger charge is -2.21. The number of aliphatic hydroxyl groups is 1. The highest BCUT2D eigenvalue weighted by Crippen LogP contribution is 2.19. The molecule has 0 radical (unpaired) electrons. The summed E-state index contributed by atoms with van der Waals surface area (Å²) in [5, 5.41) is 8.83. The van der Waals surface area contributed by atoms with E-state index in [-0.39, 0.29) is 12.4 Å². The molecule has 1 heterocycles. The molecule has 0 atom stereocenters. The molecule has 0 unspecified atom stereocenters. The molecular formula is C10H12BrFN2O. The smallest absolute Gasteiger partial charge is 0.166 e. The summed E-state index contributed by atoms with van der Waals surface area (Å²) >= 11 is 3.13. The lowest BCUT2D eigenvalue weighted by molar-refractivity contribution is 0.302. The van der Waals surface area contributed by atoms with Crippen molar-refractivity contribution in [2.75, 3.05) is 24.6 Å². The molecule has 15 heavy (non-hydrogen) atoms. The Balaban J connectivity index is 2.94. The van der Waals surface area contributed by atoms with E-state index in [2.05, 4.69) is 27.5 Å². The molecule has 0 saturated heterocycles. The van der Waals surface area contributed by atoms with Crippen LogP contribution in [0.4, 0.5) is 10.2 Å². The fraction of sp³-hybridized carbons (Fsp3) is 0.300. The molecule has 1 N–H and O–H groups in total. The van der Waals surface area contributed by atoms with E-state index in [1.807, 2.05) is 0 Å². The summed E-state index contributed by atoms with van der Waals surface area (Å²) < 4.78 is 14.1. The van der Waals surface area contributed by atoms with Gasteiger partial charge in [0.15, 0.2) is 11.6 Å². The third-order valence-electron chi connectivity index (χ3n) is 1.81. The van der Waals surface area contributed by atoms with Crippen LogP contribution in [0.5, 0.6) is 0 Å². The minimum atomic E-state index is -0.417. The number of hydrogen-bond donors (Lipinski definition) is 1. The molecule has 82 valence electrons. The Labute approximate surface area is 96.4 Å². The summed E-state index contributed by atoms with van der Waals surface area (Å²) in [6.45, 7) is 4.30. The molecule has 0 saturated carbocycles.